The summed E-state index contributed by atoms with van der Waals surface area (Å²) in [7, 11) is 0. The molecule has 0 radical (unpaired) electrons. The molecule has 0 heterocycles. The summed E-state index contributed by atoms with van der Waals surface area (Å²) in [5.74, 6) is 0. The molecule has 1 N–H and O–H groups in total. The highest BCUT2D eigenvalue weighted by molar-refractivity contribution is 6.38. The van der Waals surface area contributed by atoms with Crippen LogP contribution in [0.4, 0.5) is 11.4 Å². The zero-order chi connectivity index (χ0) is 13.8. The third-order valence-corrected chi connectivity index (χ3v) is 3.36. The van der Waals surface area contributed by atoms with Crippen LogP contribution >= 0.6 is 46.4 Å². The predicted octanol–water partition coefficient (Wildman–Crippen LogP) is 6.41. The highest BCUT2D eigenvalue weighted by Crippen LogP contribution is 2.33. The summed E-state index contributed by atoms with van der Waals surface area (Å²) in [4.78, 5) is 0. The number of anilines is 1. The van der Waals surface area contributed by atoms with Crippen molar-refractivity contribution in [3.8, 4) is 0 Å². The highest BCUT2D eigenvalue weighted by Gasteiger charge is 2.04. The van der Waals surface area contributed by atoms with E-state index < -0.39 is 0 Å². The van der Waals surface area contributed by atoms with Crippen LogP contribution in [0.3, 0.4) is 0 Å². The maximum absolute atomic E-state index is 5.97. The number of nitrogens with one attached hydrogen (secondary N) is 1. The Kier molecular flexibility index (Phi) is 4.88. The first-order chi connectivity index (χ1) is 9.08. The fourth-order valence-corrected chi connectivity index (χ4v) is 2.10. The summed E-state index contributed by atoms with van der Waals surface area (Å²) in [6, 6.07) is 10.0. The quantitative estimate of drug-likeness (QED) is 0.511. The molecule has 7 heteroatoms. The van der Waals surface area contributed by atoms with E-state index in [0.29, 0.717) is 31.5 Å². The second-order valence-corrected chi connectivity index (χ2v) is 5.16. The average Bonchev–Trinajstić information content (AvgIpc) is 2.37. The monoisotopic (exact) mass is 333 g/mol. The van der Waals surface area contributed by atoms with E-state index in [1.807, 2.05) is 0 Å². The molecular formula is C12H7Cl4N3. The van der Waals surface area contributed by atoms with Gasteiger partial charge in [-0.1, -0.05) is 57.7 Å². The molecule has 0 amide bonds. The lowest BCUT2D eigenvalue weighted by atomic mass is 10.3. The van der Waals surface area contributed by atoms with Gasteiger partial charge in [0.05, 0.1) is 20.8 Å². The molecule has 0 aliphatic heterocycles. The lowest BCUT2D eigenvalue weighted by Crippen LogP contribution is -1.87. The molecule has 0 atom stereocenters. The topological polar surface area (TPSA) is 36.8 Å². The molecule has 2 aromatic carbocycles. The smallest absolute Gasteiger partial charge is 0.125 e. The Balaban J connectivity index is 2.18. The van der Waals surface area contributed by atoms with Crippen molar-refractivity contribution in [2.75, 3.05) is 5.43 Å². The van der Waals surface area contributed by atoms with Crippen LogP contribution < -0.4 is 5.43 Å². The van der Waals surface area contributed by atoms with E-state index in [1.54, 1.807) is 36.4 Å². The van der Waals surface area contributed by atoms with Crippen LogP contribution in [-0.4, -0.2) is 0 Å². The van der Waals surface area contributed by atoms with Crippen LogP contribution in [0.5, 0.6) is 0 Å². The van der Waals surface area contributed by atoms with Crippen LogP contribution in [0.15, 0.2) is 46.7 Å². The van der Waals surface area contributed by atoms with Crippen LogP contribution in [0.25, 0.3) is 0 Å². The number of nitrogens with zero attached hydrogens (tertiary/aromatic N) is 2. The Bertz CT molecular complexity index is 608. The van der Waals surface area contributed by atoms with Gasteiger partial charge < -0.3 is 0 Å². The fourth-order valence-electron chi connectivity index (χ4n) is 1.30. The van der Waals surface area contributed by atoms with E-state index in [0.717, 1.165) is 0 Å². The summed E-state index contributed by atoms with van der Waals surface area (Å²) in [5.41, 5.74) is 3.61. The van der Waals surface area contributed by atoms with E-state index in [-0.39, 0.29) is 0 Å². The Labute approximate surface area is 130 Å². The van der Waals surface area contributed by atoms with Crippen molar-refractivity contribution in [1.82, 2.24) is 0 Å². The van der Waals surface area contributed by atoms with Gasteiger partial charge in [-0.2, -0.15) is 0 Å². The lowest BCUT2D eigenvalue weighted by Gasteiger charge is -2.03. The van der Waals surface area contributed by atoms with E-state index in [9.17, 15) is 0 Å². The number of halogens is 4. The van der Waals surface area contributed by atoms with Crippen molar-refractivity contribution in [3.63, 3.8) is 0 Å². The molecule has 19 heavy (non-hydrogen) atoms. The predicted molar refractivity (Wildman–Crippen MR) is 81.1 cm³/mol. The van der Waals surface area contributed by atoms with Gasteiger partial charge in [-0.25, -0.2) is 0 Å². The van der Waals surface area contributed by atoms with Crippen molar-refractivity contribution < 1.29 is 0 Å². The van der Waals surface area contributed by atoms with Crippen LogP contribution in [0.1, 0.15) is 0 Å². The van der Waals surface area contributed by atoms with Gasteiger partial charge in [-0.15, -0.1) is 5.11 Å². The van der Waals surface area contributed by atoms with E-state index >= 15 is 0 Å². The largest absolute Gasteiger partial charge is 0.258 e. The minimum Gasteiger partial charge on any atom is -0.258 e. The van der Waals surface area contributed by atoms with Crippen LogP contribution in [0, 0.1) is 0 Å². The van der Waals surface area contributed by atoms with Gasteiger partial charge in [0.15, 0.2) is 0 Å². The van der Waals surface area contributed by atoms with Gasteiger partial charge in [-0.3, -0.25) is 5.43 Å². The SMILES string of the molecule is Clc1ccc(Cl)c(NN=Nc2c(Cl)cccc2Cl)c1. The minimum absolute atomic E-state index is 0.386. The summed E-state index contributed by atoms with van der Waals surface area (Å²) in [6.45, 7) is 0. The maximum atomic E-state index is 5.97. The maximum Gasteiger partial charge on any atom is 0.125 e. The summed E-state index contributed by atoms with van der Waals surface area (Å²) in [6.07, 6.45) is 0. The van der Waals surface area contributed by atoms with Gasteiger partial charge in [0.1, 0.15) is 5.69 Å². The minimum atomic E-state index is 0.386. The second kappa shape index (κ2) is 6.44. The molecule has 2 rings (SSSR count). The van der Waals surface area contributed by atoms with Crippen molar-refractivity contribution >= 4 is 57.8 Å². The summed E-state index contributed by atoms with van der Waals surface area (Å²) >= 11 is 23.7. The molecule has 0 bridgehead atoms. The standard InChI is InChI=1S/C12H7Cl4N3/c13-7-4-5-8(14)11(6-7)17-19-18-12-9(15)2-1-3-10(12)16/h1-6H,(H,17,18). The molecule has 0 aromatic heterocycles. The zero-order valence-corrected chi connectivity index (χ0v) is 12.4. The molecule has 0 aliphatic rings. The Morgan fingerprint density at radius 3 is 2.21 bits per heavy atom. The second-order valence-electron chi connectivity index (χ2n) is 3.51. The number of hydrogen-bond acceptors (Lipinski definition) is 2. The van der Waals surface area contributed by atoms with Crippen molar-refractivity contribution in [2.45, 2.75) is 0 Å². The van der Waals surface area contributed by atoms with E-state index in [4.69, 9.17) is 46.4 Å². The lowest BCUT2D eigenvalue weighted by molar-refractivity contribution is 1.13. The van der Waals surface area contributed by atoms with Crippen molar-refractivity contribution in [1.29, 1.82) is 0 Å². The molecule has 98 valence electrons. The highest BCUT2D eigenvalue weighted by atomic mass is 35.5. The van der Waals surface area contributed by atoms with E-state index in [2.05, 4.69) is 15.8 Å². The van der Waals surface area contributed by atoms with Gasteiger partial charge >= 0.3 is 0 Å². The normalized spacial score (nSPS) is 10.9. The van der Waals surface area contributed by atoms with Crippen LogP contribution in [-0.2, 0) is 0 Å². The Morgan fingerprint density at radius 1 is 0.842 bits per heavy atom. The molecule has 2 aromatic rings. The molecule has 0 aliphatic carbocycles. The average molecular weight is 335 g/mol. The Morgan fingerprint density at radius 2 is 1.53 bits per heavy atom. The van der Waals surface area contributed by atoms with Gasteiger partial charge in [0.2, 0.25) is 0 Å². The van der Waals surface area contributed by atoms with Crippen LogP contribution in [0.2, 0.25) is 20.1 Å². The molecule has 0 spiro atoms. The molecule has 0 saturated heterocycles. The summed E-state index contributed by atoms with van der Waals surface area (Å²) in [5, 5.41) is 9.56. The first-order valence-electron chi connectivity index (χ1n) is 5.14. The fraction of sp³-hybridized carbons (Fsp3) is 0. The summed E-state index contributed by atoms with van der Waals surface area (Å²) < 4.78 is 0. The van der Waals surface area contributed by atoms with E-state index in [1.165, 1.54) is 0 Å². The molecule has 3 nitrogen and oxygen atoms in total. The third-order valence-electron chi connectivity index (χ3n) is 2.19. The Hall–Kier alpha value is -1.00. The molecule has 0 saturated carbocycles. The molecule has 0 fully saturated rings. The number of benzene rings is 2. The van der Waals surface area contributed by atoms with Crippen molar-refractivity contribution in [2.24, 2.45) is 10.3 Å². The van der Waals surface area contributed by atoms with Gasteiger partial charge in [-0.05, 0) is 30.3 Å². The third kappa shape index (κ3) is 3.74. The molecule has 0 unspecified atom stereocenters. The zero-order valence-electron chi connectivity index (χ0n) is 9.37. The van der Waals surface area contributed by atoms with Gasteiger partial charge in [0, 0.05) is 5.02 Å². The number of hydrogen-bond donors (Lipinski definition) is 1. The first kappa shape index (κ1) is 14.4. The molecular weight excluding hydrogens is 328 g/mol. The van der Waals surface area contributed by atoms with Crippen molar-refractivity contribution in [3.05, 3.63) is 56.5 Å². The van der Waals surface area contributed by atoms with Gasteiger partial charge in [0.25, 0.3) is 0 Å². The number of rotatable bonds is 3. The first-order valence-corrected chi connectivity index (χ1v) is 6.65.